The Hall–Kier alpha value is -1.42. The molecule has 4 nitrogen and oxygen atoms in total. The van der Waals surface area contributed by atoms with Gasteiger partial charge in [-0.3, -0.25) is 14.7 Å². The third-order valence-corrected chi connectivity index (χ3v) is 4.31. The van der Waals surface area contributed by atoms with E-state index in [-0.39, 0.29) is 5.78 Å². The third-order valence-electron chi connectivity index (χ3n) is 4.31. The molecular weight excluding hydrogens is 238 g/mol. The monoisotopic (exact) mass is 259 g/mol. The summed E-state index contributed by atoms with van der Waals surface area (Å²) >= 11 is 0. The van der Waals surface area contributed by atoms with Crippen LogP contribution in [0.15, 0.2) is 18.3 Å². The molecule has 0 radical (unpaired) electrons. The summed E-state index contributed by atoms with van der Waals surface area (Å²) in [5, 5.41) is 0. The second kappa shape index (κ2) is 5.29. The number of piperidine rings is 1. The van der Waals surface area contributed by atoms with E-state index in [0.29, 0.717) is 11.7 Å². The summed E-state index contributed by atoms with van der Waals surface area (Å²) in [6.45, 7) is 6.11. The van der Waals surface area contributed by atoms with Crippen LogP contribution in [0.25, 0.3) is 0 Å². The average molecular weight is 259 g/mol. The predicted octanol–water partition coefficient (Wildman–Crippen LogP) is 1.96. The SMILES string of the molecule is CC(=O)c1cc(N2CCN3CCCC[C@@H]3C2)ccn1. The van der Waals surface area contributed by atoms with E-state index < -0.39 is 0 Å². The van der Waals surface area contributed by atoms with Crippen molar-refractivity contribution in [1.29, 1.82) is 0 Å². The van der Waals surface area contributed by atoms with Crippen LogP contribution in [-0.2, 0) is 0 Å². The second-order valence-corrected chi connectivity index (χ2v) is 5.59. The average Bonchev–Trinajstić information content (AvgIpc) is 2.47. The van der Waals surface area contributed by atoms with Gasteiger partial charge < -0.3 is 4.90 Å². The quantitative estimate of drug-likeness (QED) is 0.761. The van der Waals surface area contributed by atoms with E-state index in [0.717, 1.165) is 25.3 Å². The lowest BCUT2D eigenvalue weighted by molar-refractivity contribution is 0.101. The zero-order valence-corrected chi connectivity index (χ0v) is 11.5. The first kappa shape index (κ1) is 12.6. The van der Waals surface area contributed by atoms with Crippen LogP contribution < -0.4 is 4.90 Å². The summed E-state index contributed by atoms with van der Waals surface area (Å²) in [7, 11) is 0. The fraction of sp³-hybridized carbons (Fsp3) is 0.600. The lowest BCUT2D eigenvalue weighted by atomic mass is 9.99. The minimum Gasteiger partial charge on any atom is -0.369 e. The molecule has 2 saturated heterocycles. The van der Waals surface area contributed by atoms with Crippen molar-refractivity contribution in [3.63, 3.8) is 0 Å². The molecule has 0 bridgehead atoms. The Bertz CT molecular complexity index is 474. The number of fused-ring (bicyclic) bond motifs is 1. The van der Waals surface area contributed by atoms with Crippen LogP contribution in [0.3, 0.4) is 0 Å². The summed E-state index contributed by atoms with van der Waals surface area (Å²) < 4.78 is 0. The van der Waals surface area contributed by atoms with Gasteiger partial charge >= 0.3 is 0 Å². The fourth-order valence-corrected chi connectivity index (χ4v) is 3.20. The van der Waals surface area contributed by atoms with Crippen molar-refractivity contribution >= 4 is 11.5 Å². The molecular formula is C15H21N3O. The zero-order valence-electron chi connectivity index (χ0n) is 11.5. The first-order valence-electron chi connectivity index (χ1n) is 7.20. The normalized spacial score (nSPS) is 24.1. The number of aromatic nitrogens is 1. The molecule has 0 saturated carbocycles. The molecule has 2 aliphatic heterocycles. The molecule has 0 spiro atoms. The molecule has 4 heteroatoms. The number of pyridine rings is 1. The van der Waals surface area contributed by atoms with E-state index in [9.17, 15) is 4.79 Å². The van der Waals surface area contributed by atoms with Crippen LogP contribution in [-0.4, -0.2) is 47.9 Å². The first-order chi connectivity index (χ1) is 9.24. The van der Waals surface area contributed by atoms with Gasteiger partial charge in [0.25, 0.3) is 0 Å². The van der Waals surface area contributed by atoms with Crippen molar-refractivity contribution in [2.75, 3.05) is 31.1 Å². The van der Waals surface area contributed by atoms with Gasteiger partial charge in [0.15, 0.2) is 5.78 Å². The number of piperazine rings is 1. The van der Waals surface area contributed by atoms with Gasteiger partial charge in [0.1, 0.15) is 5.69 Å². The van der Waals surface area contributed by atoms with Gasteiger partial charge in [0.05, 0.1) is 0 Å². The number of hydrogen-bond acceptors (Lipinski definition) is 4. The molecule has 1 atom stereocenters. The minimum absolute atomic E-state index is 0.0400. The molecule has 2 fully saturated rings. The topological polar surface area (TPSA) is 36.4 Å². The summed E-state index contributed by atoms with van der Waals surface area (Å²) in [6, 6.07) is 4.64. The Labute approximate surface area is 114 Å². The van der Waals surface area contributed by atoms with Gasteiger partial charge in [-0.15, -0.1) is 0 Å². The molecule has 2 aliphatic rings. The highest BCUT2D eigenvalue weighted by Gasteiger charge is 2.29. The molecule has 0 N–H and O–H groups in total. The molecule has 1 aromatic heterocycles. The van der Waals surface area contributed by atoms with E-state index in [1.807, 2.05) is 12.1 Å². The summed E-state index contributed by atoms with van der Waals surface area (Å²) in [6.07, 6.45) is 5.75. The fourth-order valence-electron chi connectivity index (χ4n) is 3.20. The number of hydrogen-bond donors (Lipinski definition) is 0. The maximum Gasteiger partial charge on any atom is 0.178 e. The van der Waals surface area contributed by atoms with Crippen LogP contribution in [0, 0.1) is 0 Å². The lowest BCUT2D eigenvalue weighted by Gasteiger charge is -2.44. The van der Waals surface area contributed by atoms with Gasteiger partial charge in [0, 0.05) is 44.5 Å². The summed E-state index contributed by atoms with van der Waals surface area (Å²) in [5.74, 6) is 0.0400. The Morgan fingerprint density at radius 2 is 2.21 bits per heavy atom. The highest BCUT2D eigenvalue weighted by Crippen LogP contribution is 2.25. The molecule has 19 heavy (non-hydrogen) atoms. The second-order valence-electron chi connectivity index (χ2n) is 5.59. The number of nitrogens with zero attached hydrogens (tertiary/aromatic N) is 3. The zero-order chi connectivity index (χ0) is 13.2. The van der Waals surface area contributed by atoms with Gasteiger partial charge in [-0.2, -0.15) is 0 Å². The molecule has 3 heterocycles. The van der Waals surface area contributed by atoms with E-state index in [1.54, 1.807) is 13.1 Å². The molecule has 0 amide bonds. The molecule has 102 valence electrons. The smallest absolute Gasteiger partial charge is 0.178 e. The Balaban J connectivity index is 1.75. The van der Waals surface area contributed by atoms with Gasteiger partial charge in [-0.1, -0.05) is 6.42 Å². The predicted molar refractivity (Wildman–Crippen MR) is 75.7 cm³/mol. The summed E-state index contributed by atoms with van der Waals surface area (Å²) in [5.41, 5.74) is 1.72. The van der Waals surface area contributed by atoms with Crippen LogP contribution in [0.2, 0.25) is 0 Å². The highest BCUT2D eigenvalue weighted by molar-refractivity contribution is 5.92. The molecule has 0 aliphatic carbocycles. The van der Waals surface area contributed by atoms with Crippen LogP contribution >= 0.6 is 0 Å². The van der Waals surface area contributed by atoms with E-state index >= 15 is 0 Å². The Kier molecular flexibility index (Phi) is 3.51. The number of Topliss-reactive ketones (excluding diaryl/α,β-unsaturated/α-hetero) is 1. The molecule has 3 rings (SSSR count). The largest absolute Gasteiger partial charge is 0.369 e. The van der Waals surface area contributed by atoms with Crippen molar-refractivity contribution in [2.24, 2.45) is 0 Å². The maximum atomic E-state index is 11.4. The van der Waals surface area contributed by atoms with Crippen molar-refractivity contribution in [3.8, 4) is 0 Å². The Morgan fingerprint density at radius 3 is 3.05 bits per heavy atom. The van der Waals surface area contributed by atoms with Crippen molar-refractivity contribution in [3.05, 3.63) is 24.0 Å². The van der Waals surface area contributed by atoms with Gasteiger partial charge in [-0.05, 0) is 31.5 Å². The van der Waals surface area contributed by atoms with E-state index in [2.05, 4.69) is 14.8 Å². The van der Waals surface area contributed by atoms with Crippen molar-refractivity contribution in [2.45, 2.75) is 32.2 Å². The third kappa shape index (κ3) is 2.63. The van der Waals surface area contributed by atoms with E-state index in [1.165, 1.54) is 25.8 Å². The van der Waals surface area contributed by atoms with Crippen LogP contribution in [0.4, 0.5) is 5.69 Å². The number of rotatable bonds is 2. The van der Waals surface area contributed by atoms with Gasteiger partial charge in [0.2, 0.25) is 0 Å². The van der Waals surface area contributed by atoms with Gasteiger partial charge in [-0.25, -0.2) is 0 Å². The number of carbonyl (C=O) groups excluding carboxylic acids is 1. The van der Waals surface area contributed by atoms with E-state index in [4.69, 9.17) is 0 Å². The first-order valence-corrected chi connectivity index (χ1v) is 7.20. The number of carbonyl (C=O) groups is 1. The van der Waals surface area contributed by atoms with Crippen LogP contribution in [0.1, 0.15) is 36.7 Å². The number of anilines is 1. The molecule has 1 aromatic rings. The van der Waals surface area contributed by atoms with Crippen LogP contribution in [0.5, 0.6) is 0 Å². The maximum absolute atomic E-state index is 11.4. The Morgan fingerprint density at radius 1 is 1.32 bits per heavy atom. The van der Waals surface area contributed by atoms with Crippen molar-refractivity contribution < 1.29 is 4.79 Å². The lowest BCUT2D eigenvalue weighted by Crippen LogP contribution is -2.54. The highest BCUT2D eigenvalue weighted by atomic mass is 16.1. The number of ketones is 1. The standard InChI is InChI=1S/C15H21N3O/c1-12(19)15-10-13(5-6-16-15)18-9-8-17-7-3-2-4-14(17)11-18/h5-6,10,14H,2-4,7-9,11H2,1H3/t14-/m1/s1. The molecule has 0 aromatic carbocycles. The minimum atomic E-state index is 0.0400. The van der Waals surface area contributed by atoms with Crippen molar-refractivity contribution in [1.82, 2.24) is 9.88 Å². The summed E-state index contributed by atoms with van der Waals surface area (Å²) in [4.78, 5) is 20.6. The molecule has 0 unspecified atom stereocenters.